The average Bonchev–Trinajstić information content (AvgIpc) is 2.51. The summed E-state index contributed by atoms with van der Waals surface area (Å²) < 4.78 is 26.3. The highest BCUT2D eigenvalue weighted by atomic mass is 32.2. The average molecular weight is 322 g/mol. The highest BCUT2D eigenvalue weighted by molar-refractivity contribution is 7.86. The van der Waals surface area contributed by atoms with Crippen LogP contribution in [-0.2, 0) is 14.3 Å². The maximum absolute atomic E-state index is 10.8. The fraction of sp³-hybridized carbons (Fsp3) is 0.562. The fourth-order valence-electron chi connectivity index (χ4n) is 2.68. The van der Waals surface area contributed by atoms with E-state index in [1.165, 1.54) is 0 Å². The van der Waals surface area contributed by atoms with Crippen molar-refractivity contribution in [3.05, 3.63) is 24.4 Å². The molecule has 0 N–H and O–H groups in total. The molecule has 5 nitrogen and oxygen atoms in total. The third-order valence-electron chi connectivity index (χ3n) is 3.91. The lowest BCUT2D eigenvalue weighted by atomic mass is 9.86. The first-order valence-electron chi connectivity index (χ1n) is 7.42. The van der Waals surface area contributed by atoms with E-state index in [0.717, 1.165) is 37.8 Å². The lowest BCUT2D eigenvalue weighted by Crippen LogP contribution is -2.35. The molecule has 0 unspecified atom stereocenters. The Kier molecular flexibility index (Phi) is 5.81. The molecule has 1 saturated carbocycles. The first kappa shape index (κ1) is 16.8. The molecule has 120 valence electrons. The summed E-state index contributed by atoms with van der Waals surface area (Å²) in [6.07, 6.45) is 7.03. The van der Waals surface area contributed by atoms with Crippen LogP contribution in [0.4, 0.5) is 5.82 Å². The highest BCUT2D eigenvalue weighted by Gasteiger charge is 2.23. The summed E-state index contributed by atoms with van der Waals surface area (Å²) in [7, 11) is -1.31. The van der Waals surface area contributed by atoms with Crippen LogP contribution in [0.2, 0.25) is 0 Å². The molecule has 1 aromatic heterocycles. The lowest BCUT2D eigenvalue weighted by molar-refractivity contribution is 0.362. The predicted octanol–water partition coefficient (Wildman–Crippen LogP) is 2.06. The molecular formula is C16H22N2O3S. The van der Waals surface area contributed by atoms with E-state index in [9.17, 15) is 8.42 Å². The van der Waals surface area contributed by atoms with E-state index in [-0.39, 0.29) is 6.61 Å². The molecule has 0 saturated heterocycles. The Morgan fingerprint density at radius 2 is 2.05 bits per heavy atom. The van der Waals surface area contributed by atoms with Gasteiger partial charge >= 0.3 is 0 Å². The first-order valence-corrected chi connectivity index (χ1v) is 9.24. The Morgan fingerprint density at radius 3 is 2.64 bits per heavy atom. The van der Waals surface area contributed by atoms with Gasteiger partial charge in [-0.25, -0.2) is 4.98 Å². The molecule has 2 rings (SSSR count). The molecule has 0 atom stereocenters. The van der Waals surface area contributed by atoms with Crippen LogP contribution in [-0.4, -0.2) is 39.4 Å². The Morgan fingerprint density at radius 1 is 1.32 bits per heavy atom. The zero-order valence-electron chi connectivity index (χ0n) is 13.0. The third kappa shape index (κ3) is 5.32. The van der Waals surface area contributed by atoms with Gasteiger partial charge in [0.2, 0.25) is 0 Å². The van der Waals surface area contributed by atoms with Crippen molar-refractivity contribution in [3.63, 3.8) is 0 Å². The van der Waals surface area contributed by atoms with Crippen molar-refractivity contribution in [1.82, 2.24) is 4.98 Å². The third-order valence-corrected chi connectivity index (χ3v) is 4.45. The van der Waals surface area contributed by atoms with Gasteiger partial charge < -0.3 is 4.90 Å². The van der Waals surface area contributed by atoms with Gasteiger partial charge in [0.05, 0.1) is 6.26 Å². The molecule has 1 aromatic rings. The number of nitrogens with zero attached hydrogens (tertiary/aromatic N) is 2. The zero-order chi connectivity index (χ0) is 16.0. The smallest absolute Gasteiger partial charge is 0.265 e. The van der Waals surface area contributed by atoms with Crippen LogP contribution in [0.3, 0.4) is 0 Å². The van der Waals surface area contributed by atoms with Gasteiger partial charge in [0.15, 0.2) is 0 Å². The minimum Gasteiger partial charge on any atom is -0.357 e. The van der Waals surface area contributed by atoms with Gasteiger partial charge in [0.25, 0.3) is 10.1 Å². The van der Waals surface area contributed by atoms with E-state index in [0.29, 0.717) is 12.0 Å². The van der Waals surface area contributed by atoms with Crippen molar-refractivity contribution in [1.29, 1.82) is 0 Å². The van der Waals surface area contributed by atoms with Gasteiger partial charge in [-0.3, -0.25) is 4.18 Å². The van der Waals surface area contributed by atoms with Gasteiger partial charge in [-0.15, -0.1) is 0 Å². The number of hydrogen-bond acceptors (Lipinski definition) is 5. The summed E-state index contributed by atoms with van der Waals surface area (Å²) >= 11 is 0. The number of hydrogen-bond donors (Lipinski definition) is 0. The van der Waals surface area contributed by atoms with E-state index >= 15 is 0 Å². The number of aromatic nitrogens is 1. The van der Waals surface area contributed by atoms with Crippen molar-refractivity contribution in [2.45, 2.75) is 31.7 Å². The predicted molar refractivity (Wildman–Crippen MR) is 87.0 cm³/mol. The summed E-state index contributed by atoms with van der Waals surface area (Å²) in [5.74, 6) is 7.26. The number of pyridine rings is 1. The minimum atomic E-state index is -3.39. The molecule has 1 heterocycles. The first-order chi connectivity index (χ1) is 10.5. The summed E-state index contributed by atoms with van der Waals surface area (Å²) in [5.41, 5.74) is 0. The van der Waals surface area contributed by atoms with E-state index in [4.69, 9.17) is 0 Å². The second-order valence-electron chi connectivity index (χ2n) is 5.59. The standard InChI is InChI=1S/C16H22N2O3S/c1-18(16-7-3-4-12-17-16)15-10-8-14(9-11-15)6-5-13-21-22(2,19)20/h3-4,7,12,14-15H,8-11,13H2,1-2H3. The molecule has 0 amide bonds. The molecule has 1 aliphatic rings. The van der Waals surface area contributed by atoms with Crippen molar-refractivity contribution in [2.75, 3.05) is 24.8 Å². The van der Waals surface area contributed by atoms with Gasteiger partial charge in [-0.2, -0.15) is 8.42 Å². The van der Waals surface area contributed by atoms with E-state index in [1.807, 2.05) is 24.4 Å². The van der Waals surface area contributed by atoms with E-state index in [1.54, 1.807) is 0 Å². The lowest BCUT2D eigenvalue weighted by Gasteiger charge is -2.34. The second kappa shape index (κ2) is 7.61. The van der Waals surface area contributed by atoms with Crippen LogP contribution >= 0.6 is 0 Å². The minimum absolute atomic E-state index is 0.0490. The molecule has 0 aliphatic heterocycles. The maximum Gasteiger partial charge on any atom is 0.265 e. The van der Waals surface area contributed by atoms with Gasteiger partial charge in [-0.05, 0) is 37.8 Å². The molecule has 0 bridgehead atoms. The molecule has 0 radical (unpaired) electrons. The van der Waals surface area contributed by atoms with Crippen molar-refractivity contribution in [2.24, 2.45) is 5.92 Å². The zero-order valence-corrected chi connectivity index (χ0v) is 13.8. The Bertz CT molecular complexity index is 626. The van der Waals surface area contributed by atoms with Crippen LogP contribution in [0.1, 0.15) is 25.7 Å². The molecule has 0 spiro atoms. The van der Waals surface area contributed by atoms with E-state index in [2.05, 4.69) is 33.0 Å². The number of anilines is 1. The van der Waals surface area contributed by atoms with Crippen LogP contribution in [0.5, 0.6) is 0 Å². The van der Waals surface area contributed by atoms with Crippen LogP contribution in [0.25, 0.3) is 0 Å². The van der Waals surface area contributed by atoms with Gasteiger partial charge in [0, 0.05) is 25.2 Å². The Hall–Kier alpha value is -1.58. The topological polar surface area (TPSA) is 59.5 Å². The monoisotopic (exact) mass is 322 g/mol. The number of rotatable bonds is 4. The van der Waals surface area contributed by atoms with Crippen molar-refractivity contribution >= 4 is 15.9 Å². The summed E-state index contributed by atoms with van der Waals surface area (Å²) in [6, 6.07) is 6.43. The van der Waals surface area contributed by atoms with Crippen LogP contribution < -0.4 is 4.90 Å². The van der Waals surface area contributed by atoms with Crippen LogP contribution in [0.15, 0.2) is 24.4 Å². The normalized spacial score (nSPS) is 21.7. The SMILES string of the molecule is CN(c1ccccn1)C1CCC(C#CCOS(C)(=O)=O)CC1. The van der Waals surface area contributed by atoms with Crippen molar-refractivity contribution < 1.29 is 12.6 Å². The fourth-order valence-corrected chi connectivity index (χ4v) is 2.95. The quantitative estimate of drug-likeness (QED) is 0.627. The summed E-state index contributed by atoms with van der Waals surface area (Å²) in [5, 5.41) is 0. The highest BCUT2D eigenvalue weighted by Crippen LogP contribution is 2.28. The molecule has 1 aliphatic carbocycles. The van der Waals surface area contributed by atoms with E-state index < -0.39 is 10.1 Å². The van der Waals surface area contributed by atoms with Gasteiger partial charge in [-0.1, -0.05) is 17.9 Å². The molecule has 22 heavy (non-hydrogen) atoms. The summed E-state index contributed by atoms with van der Waals surface area (Å²) in [4.78, 5) is 6.61. The Balaban J connectivity index is 1.80. The molecule has 0 aromatic carbocycles. The molecular weight excluding hydrogens is 300 g/mol. The largest absolute Gasteiger partial charge is 0.357 e. The summed E-state index contributed by atoms with van der Waals surface area (Å²) in [6.45, 7) is -0.0490. The van der Waals surface area contributed by atoms with Crippen LogP contribution in [0, 0.1) is 17.8 Å². The Labute approximate surface area is 132 Å². The van der Waals surface area contributed by atoms with Gasteiger partial charge in [0.1, 0.15) is 12.4 Å². The molecule has 1 fully saturated rings. The molecule has 6 heteroatoms. The second-order valence-corrected chi connectivity index (χ2v) is 7.24. The van der Waals surface area contributed by atoms with Crippen molar-refractivity contribution in [3.8, 4) is 11.8 Å². The maximum atomic E-state index is 10.8.